The normalized spacial score (nSPS) is 20.4. The van der Waals surface area contributed by atoms with E-state index in [4.69, 9.17) is 5.11 Å². The van der Waals surface area contributed by atoms with E-state index in [1.165, 1.54) is 5.56 Å². The van der Waals surface area contributed by atoms with Crippen LogP contribution in [0.5, 0.6) is 0 Å². The smallest absolute Gasteiger partial charge is 0.317 e. The van der Waals surface area contributed by atoms with Crippen molar-refractivity contribution in [3.63, 3.8) is 0 Å². The first-order valence-electron chi connectivity index (χ1n) is 7.43. The van der Waals surface area contributed by atoms with E-state index in [-0.39, 0.29) is 6.54 Å². The molecule has 0 radical (unpaired) electrons. The van der Waals surface area contributed by atoms with Crippen LogP contribution in [-0.2, 0) is 11.3 Å². The Morgan fingerprint density at radius 2 is 2.24 bits per heavy atom. The number of nitrogens with zero attached hydrogens (tertiary/aromatic N) is 2. The lowest BCUT2D eigenvalue weighted by Crippen LogP contribution is -2.36. The summed E-state index contributed by atoms with van der Waals surface area (Å²) in [5.41, 5.74) is 1.32. The summed E-state index contributed by atoms with van der Waals surface area (Å²) in [6.45, 7) is 3.22. The SMILES string of the molecule is CN(CC(=O)O)C1CCCN(Cc2cccc(Br)c2)CC1. The Kier molecular flexibility index (Phi) is 6.21. The Bertz CT molecular complexity index is 481. The van der Waals surface area contributed by atoms with Gasteiger partial charge in [0.05, 0.1) is 6.54 Å². The molecule has 1 aliphatic heterocycles. The molecule has 0 amide bonds. The largest absolute Gasteiger partial charge is 0.480 e. The molecule has 1 aromatic rings. The minimum Gasteiger partial charge on any atom is -0.480 e. The molecule has 0 saturated carbocycles. The highest BCUT2D eigenvalue weighted by atomic mass is 79.9. The number of aliphatic carboxylic acids is 1. The monoisotopic (exact) mass is 354 g/mol. The minimum atomic E-state index is -0.743. The number of likely N-dealkylation sites (N-methyl/N-ethyl adjacent to an activating group) is 1. The van der Waals surface area contributed by atoms with Crippen LogP contribution >= 0.6 is 15.9 Å². The van der Waals surface area contributed by atoms with Gasteiger partial charge in [0.2, 0.25) is 0 Å². The van der Waals surface area contributed by atoms with Crippen molar-refractivity contribution in [1.82, 2.24) is 9.80 Å². The average Bonchev–Trinajstić information content (AvgIpc) is 2.63. The van der Waals surface area contributed by atoms with Gasteiger partial charge < -0.3 is 5.11 Å². The molecule has 4 nitrogen and oxygen atoms in total. The summed E-state index contributed by atoms with van der Waals surface area (Å²) in [5, 5.41) is 8.90. The molecule has 0 aromatic heterocycles. The summed E-state index contributed by atoms with van der Waals surface area (Å²) in [7, 11) is 1.92. The summed E-state index contributed by atoms with van der Waals surface area (Å²) in [6.07, 6.45) is 3.25. The number of hydrogen-bond donors (Lipinski definition) is 1. The molecule has 0 bridgehead atoms. The predicted molar refractivity (Wildman–Crippen MR) is 87.3 cm³/mol. The highest BCUT2D eigenvalue weighted by Crippen LogP contribution is 2.19. The van der Waals surface area contributed by atoms with Gasteiger partial charge in [0.15, 0.2) is 0 Å². The van der Waals surface area contributed by atoms with Gasteiger partial charge in [0.25, 0.3) is 0 Å². The van der Waals surface area contributed by atoms with Gasteiger partial charge in [-0.05, 0) is 57.1 Å². The zero-order valence-electron chi connectivity index (χ0n) is 12.5. The summed E-state index contributed by atoms with van der Waals surface area (Å²) in [4.78, 5) is 15.3. The van der Waals surface area contributed by atoms with E-state index in [0.29, 0.717) is 6.04 Å². The molecule has 1 N–H and O–H groups in total. The lowest BCUT2D eigenvalue weighted by molar-refractivity contribution is -0.138. The van der Waals surface area contributed by atoms with Crippen molar-refractivity contribution in [2.75, 3.05) is 26.7 Å². The fraction of sp³-hybridized carbons (Fsp3) is 0.562. The van der Waals surface area contributed by atoms with E-state index in [9.17, 15) is 4.79 Å². The van der Waals surface area contributed by atoms with Crippen molar-refractivity contribution in [3.05, 3.63) is 34.3 Å². The van der Waals surface area contributed by atoms with E-state index in [2.05, 4.69) is 39.0 Å². The first-order chi connectivity index (χ1) is 10.0. The van der Waals surface area contributed by atoms with Crippen molar-refractivity contribution in [2.45, 2.75) is 31.8 Å². The lowest BCUT2D eigenvalue weighted by atomic mass is 10.1. The van der Waals surface area contributed by atoms with Gasteiger partial charge >= 0.3 is 5.97 Å². The molecular weight excluding hydrogens is 332 g/mol. The maximum absolute atomic E-state index is 10.8. The Labute approximate surface area is 134 Å². The second-order valence-electron chi connectivity index (χ2n) is 5.80. The van der Waals surface area contributed by atoms with Crippen LogP contribution < -0.4 is 0 Å². The number of carbonyl (C=O) groups is 1. The molecule has 0 spiro atoms. The van der Waals surface area contributed by atoms with Crippen molar-refractivity contribution in [3.8, 4) is 0 Å². The quantitative estimate of drug-likeness (QED) is 0.882. The van der Waals surface area contributed by atoms with Crippen molar-refractivity contribution >= 4 is 21.9 Å². The number of rotatable bonds is 5. The number of hydrogen-bond acceptors (Lipinski definition) is 3. The zero-order chi connectivity index (χ0) is 15.2. The van der Waals surface area contributed by atoms with Crippen LogP contribution in [0.3, 0.4) is 0 Å². The maximum Gasteiger partial charge on any atom is 0.317 e. The number of halogens is 1. The number of carboxylic acid groups (broad SMARTS) is 1. The lowest BCUT2D eigenvalue weighted by Gasteiger charge is -2.25. The van der Waals surface area contributed by atoms with Gasteiger partial charge in [-0.25, -0.2) is 0 Å². The summed E-state index contributed by atoms with van der Waals surface area (Å²) < 4.78 is 1.12. The van der Waals surface area contributed by atoms with Gasteiger partial charge in [0, 0.05) is 17.1 Å². The summed E-state index contributed by atoms with van der Waals surface area (Å²) in [5.74, 6) is -0.743. The second kappa shape index (κ2) is 7.92. The molecule has 1 aromatic carbocycles. The summed E-state index contributed by atoms with van der Waals surface area (Å²) in [6, 6.07) is 8.82. The summed E-state index contributed by atoms with van der Waals surface area (Å²) >= 11 is 3.51. The van der Waals surface area contributed by atoms with Crippen LogP contribution in [0.15, 0.2) is 28.7 Å². The van der Waals surface area contributed by atoms with Gasteiger partial charge in [-0.3, -0.25) is 14.6 Å². The molecular formula is C16H23BrN2O2. The van der Waals surface area contributed by atoms with Crippen LogP contribution in [-0.4, -0.2) is 53.6 Å². The first kappa shape index (κ1) is 16.5. The molecule has 2 rings (SSSR count). The third-order valence-electron chi connectivity index (χ3n) is 4.09. The van der Waals surface area contributed by atoms with Gasteiger partial charge in [-0.2, -0.15) is 0 Å². The molecule has 5 heteroatoms. The predicted octanol–water partition coefficient (Wildman–Crippen LogP) is 2.82. The topological polar surface area (TPSA) is 43.8 Å². The van der Waals surface area contributed by atoms with Crippen LogP contribution in [0.4, 0.5) is 0 Å². The van der Waals surface area contributed by atoms with Crippen LogP contribution in [0, 0.1) is 0 Å². The molecule has 116 valence electrons. The molecule has 21 heavy (non-hydrogen) atoms. The van der Waals surface area contributed by atoms with E-state index >= 15 is 0 Å². The van der Waals surface area contributed by atoms with Crippen molar-refractivity contribution in [1.29, 1.82) is 0 Å². The van der Waals surface area contributed by atoms with Crippen molar-refractivity contribution in [2.24, 2.45) is 0 Å². The highest BCUT2D eigenvalue weighted by molar-refractivity contribution is 9.10. The molecule has 0 aliphatic carbocycles. The average molecular weight is 355 g/mol. The number of likely N-dealkylation sites (tertiary alicyclic amines) is 1. The number of carboxylic acids is 1. The van der Waals surface area contributed by atoms with Gasteiger partial charge in [-0.1, -0.05) is 28.1 Å². The van der Waals surface area contributed by atoms with E-state index in [1.807, 2.05) is 18.0 Å². The zero-order valence-corrected chi connectivity index (χ0v) is 14.1. The molecule has 1 saturated heterocycles. The minimum absolute atomic E-state index is 0.135. The van der Waals surface area contributed by atoms with E-state index in [1.54, 1.807) is 0 Å². The fourth-order valence-electron chi connectivity index (χ4n) is 2.97. The molecule has 1 fully saturated rings. The molecule has 1 atom stereocenters. The first-order valence-corrected chi connectivity index (χ1v) is 8.23. The third-order valence-corrected chi connectivity index (χ3v) is 4.59. The molecule has 1 heterocycles. The third kappa shape index (κ3) is 5.41. The van der Waals surface area contributed by atoms with Gasteiger partial charge in [0.1, 0.15) is 0 Å². The Morgan fingerprint density at radius 3 is 2.95 bits per heavy atom. The van der Waals surface area contributed by atoms with Crippen LogP contribution in [0.1, 0.15) is 24.8 Å². The number of benzene rings is 1. The highest BCUT2D eigenvalue weighted by Gasteiger charge is 2.21. The second-order valence-corrected chi connectivity index (χ2v) is 6.72. The molecule has 1 unspecified atom stereocenters. The maximum atomic E-state index is 10.8. The Hall–Kier alpha value is -0.910. The standard InChI is InChI=1S/C16H23BrN2O2/c1-18(12-16(20)21)15-6-3-8-19(9-7-15)11-13-4-2-5-14(17)10-13/h2,4-5,10,15H,3,6-9,11-12H2,1H3,(H,20,21). The van der Waals surface area contributed by atoms with E-state index < -0.39 is 5.97 Å². The fourth-order valence-corrected chi connectivity index (χ4v) is 3.42. The van der Waals surface area contributed by atoms with E-state index in [0.717, 1.165) is 43.4 Å². The Morgan fingerprint density at radius 1 is 1.43 bits per heavy atom. The van der Waals surface area contributed by atoms with Gasteiger partial charge in [-0.15, -0.1) is 0 Å². The van der Waals surface area contributed by atoms with Crippen LogP contribution in [0.25, 0.3) is 0 Å². The molecule has 1 aliphatic rings. The van der Waals surface area contributed by atoms with Crippen molar-refractivity contribution < 1.29 is 9.90 Å². The van der Waals surface area contributed by atoms with Crippen LogP contribution in [0.2, 0.25) is 0 Å². The Balaban J connectivity index is 1.87.